The molecule has 2 nitrogen and oxygen atoms in total. The first-order valence-corrected chi connectivity index (χ1v) is 7.64. The van der Waals surface area contributed by atoms with Gasteiger partial charge in [-0.1, -0.05) is 55.8 Å². The molecule has 0 N–H and O–H groups in total. The Morgan fingerprint density at radius 2 is 1.52 bits per heavy atom. The Bertz CT molecular complexity index is 779. The van der Waals surface area contributed by atoms with E-state index in [1.54, 1.807) is 0 Å². The molecule has 0 amide bonds. The normalized spacial score (nSPS) is 11.0. The van der Waals surface area contributed by atoms with Gasteiger partial charge in [-0.2, -0.15) is 0 Å². The summed E-state index contributed by atoms with van der Waals surface area (Å²) in [5.41, 5.74) is 4.43. The van der Waals surface area contributed by atoms with Gasteiger partial charge in [-0.25, -0.2) is 9.97 Å². The molecule has 0 saturated carbocycles. The van der Waals surface area contributed by atoms with Crippen LogP contribution in [0.4, 0.5) is 0 Å². The number of nitrogens with zero attached hydrogens (tertiary/aromatic N) is 2. The summed E-state index contributed by atoms with van der Waals surface area (Å²) in [5.74, 6) is 0.680. The van der Waals surface area contributed by atoms with Crippen LogP contribution in [0.2, 0.25) is 5.15 Å². The van der Waals surface area contributed by atoms with Crippen molar-refractivity contribution in [2.24, 2.45) is 0 Å². The van der Waals surface area contributed by atoms with Crippen molar-refractivity contribution in [2.75, 3.05) is 0 Å². The van der Waals surface area contributed by atoms with Crippen LogP contribution in [-0.2, 0) is 12.8 Å². The topological polar surface area (TPSA) is 25.8 Å². The van der Waals surface area contributed by atoms with E-state index in [1.165, 1.54) is 11.1 Å². The van der Waals surface area contributed by atoms with Gasteiger partial charge in [0.2, 0.25) is 0 Å². The zero-order valence-corrected chi connectivity index (χ0v) is 13.0. The summed E-state index contributed by atoms with van der Waals surface area (Å²) in [6.07, 6.45) is 2.01. The zero-order chi connectivity index (χ0) is 14.8. The highest BCUT2D eigenvalue weighted by molar-refractivity contribution is 6.34. The molecule has 0 bridgehead atoms. The van der Waals surface area contributed by atoms with Gasteiger partial charge >= 0.3 is 0 Å². The quantitative estimate of drug-likeness (QED) is 0.630. The second-order valence-corrected chi connectivity index (χ2v) is 5.45. The Hall–Kier alpha value is -1.93. The van der Waals surface area contributed by atoms with Crippen LogP contribution in [0.25, 0.3) is 22.3 Å². The van der Waals surface area contributed by atoms with Crippen LogP contribution >= 0.6 is 11.6 Å². The van der Waals surface area contributed by atoms with Gasteiger partial charge in [0.05, 0.1) is 5.52 Å². The third-order valence-electron chi connectivity index (χ3n) is 3.74. The molecule has 0 fully saturated rings. The highest BCUT2D eigenvalue weighted by atomic mass is 35.5. The number of aryl methyl sites for hydroxylation is 2. The molecule has 0 spiro atoms. The summed E-state index contributed by atoms with van der Waals surface area (Å²) in [6.45, 7) is 4.27. The van der Waals surface area contributed by atoms with Gasteiger partial charge < -0.3 is 0 Å². The second kappa shape index (κ2) is 5.82. The fourth-order valence-electron chi connectivity index (χ4n) is 2.38. The monoisotopic (exact) mass is 296 g/mol. The van der Waals surface area contributed by atoms with Crippen molar-refractivity contribution < 1.29 is 0 Å². The Labute approximate surface area is 129 Å². The van der Waals surface area contributed by atoms with E-state index in [2.05, 4.69) is 60.2 Å². The lowest BCUT2D eigenvalue weighted by Crippen LogP contribution is -1.93. The summed E-state index contributed by atoms with van der Waals surface area (Å²) < 4.78 is 0. The van der Waals surface area contributed by atoms with E-state index in [1.807, 2.05) is 6.07 Å². The Balaban J connectivity index is 2.11. The molecule has 106 valence electrons. The van der Waals surface area contributed by atoms with Crippen molar-refractivity contribution in [2.45, 2.75) is 26.7 Å². The molecule has 1 heterocycles. The SMILES string of the molecule is CCc1ccc(-c2nc(Cl)c3cc(CC)ccc3n2)cc1. The lowest BCUT2D eigenvalue weighted by Gasteiger charge is -2.07. The summed E-state index contributed by atoms with van der Waals surface area (Å²) in [7, 11) is 0. The van der Waals surface area contributed by atoms with Gasteiger partial charge in [0, 0.05) is 10.9 Å². The van der Waals surface area contributed by atoms with E-state index < -0.39 is 0 Å². The number of aromatic nitrogens is 2. The third-order valence-corrected chi connectivity index (χ3v) is 4.03. The maximum atomic E-state index is 6.35. The zero-order valence-electron chi connectivity index (χ0n) is 12.2. The molecule has 3 aromatic rings. The largest absolute Gasteiger partial charge is 0.228 e. The summed E-state index contributed by atoms with van der Waals surface area (Å²) in [4.78, 5) is 9.10. The van der Waals surface area contributed by atoms with Crippen molar-refractivity contribution in [3.8, 4) is 11.4 Å². The Morgan fingerprint density at radius 1 is 0.857 bits per heavy atom. The van der Waals surface area contributed by atoms with Crippen LogP contribution in [0.3, 0.4) is 0 Å². The van der Waals surface area contributed by atoms with Crippen LogP contribution in [0.15, 0.2) is 42.5 Å². The van der Waals surface area contributed by atoms with Gasteiger partial charge in [-0.05, 0) is 36.1 Å². The highest BCUT2D eigenvalue weighted by Crippen LogP contribution is 2.26. The number of halogens is 1. The number of hydrogen-bond acceptors (Lipinski definition) is 2. The summed E-state index contributed by atoms with van der Waals surface area (Å²) >= 11 is 6.35. The molecule has 21 heavy (non-hydrogen) atoms. The Morgan fingerprint density at radius 3 is 2.19 bits per heavy atom. The smallest absolute Gasteiger partial charge is 0.161 e. The molecule has 3 rings (SSSR count). The number of hydrogen-bond donors (Lipinski definition) is 0. The van der Waals surface area contributed by atoms with E-state index in [-0.39, 0.29) is 0 Å². The van der Waals surface area contributed by atoms with Crippen molar-refractivity contribution in [3.63, 3.8) is 0 Å². The fraction of sp³-hybridized carbons (Fsp3) is 0.222. The van der Waals surface area contributed by atoms with E-state index in [0.717, 1.165) is 29.3 Å². The standard InChI is InChI=1S/C18H17ClN2/c1-3-12-5-8-14(9-6-12)18-20-16-10-7-13(4-2)11-15(16)17(19)21-18/h5-11H,3-4H2,1-2H3. The van der Waals surface area contributed by atoms with Gasteiger partial charge in [0.25, 0.3) is 0 Å². The van der Waals surface area contributed by atoms with Crippen LogP contribution in [0.1, 0.15) is 25.0 Å². The summed E-state index contributed by atoms with van der Waals surface area (Å²) in [5, 5.41) is 1.44. The minimum Gasteiger partial charge on any atom is -0.228 e. The maximum Gasteiger partial charge on any atom is 0.161 e. The van der Waals surface area contributed by atoms with Crippen LogP contribution in [0.5, 0.6) is 0 Å². The molecule has 0 aliphatic rings. The first kappa shape index (κ1) is 14.0. The lowest BCUT2D eigenvalue weighted by atomic mass is 10.1. The van der Waals surface area contributed by atoms with Crippen molar-refractivity contribution in [1.29, 1.82) is 0 Å². The van der Waals surface area contributed by atoms with E-state index in [0.29, 0.717) is 11.0 Å². The van der Waals surface area contributed by atoms with E-state index in [4.69, 9.17) is 11.6 Å². The van der Waals surface area contributed by atoms with Crippen LogP contribution in [-0.4, -0.2) is 9.97 Å². The van der Waals surface area contributed by atoms with Gasteiger partial charge in [0.15, 0.2) is 5.82 Å². The summed E-state index contributed by atoms with van der Waals surface area (Å²) in [6, 6.07) is 14.5. The second-order valence-electron chi connectivity index (χ2n) is 5.09. The van der Waals surface area contributed by atoms with E-state index in [9.17, 15) is 0 Å². The van der Waals surface area contributed by atoms with Crippen LogP contribution < -0.4 is 0 Å². The predicted molar refractivity (Wildman–Crippen MR) is 88.7 cm³/mol. The highest BCUT2D eigenvalue weighted by Gasteiger charge is 2.08. The van der Waals surface area contributed by atoms with Crippen molar-refractivity contribution in [1.82, 2.24) is 9.97 Å². The number of benzene rings is 2. The molecular formula is C18H17ClN2. The molecule has 0 aliphatic carbocycles. The molecule has 3 heteroatoms. The van der Waals surface area contributed by atoms with Crippen molar-refractivity contribution >= 4 is 22.5 Å². The van der Waals surface area contributed by atoms with Gasteiger partial charge in [0.1, 0.15) is 5.15 Å². The average molecular weight is 297 g/mol. The molecule has 0 unspecified atom stereocenters. The molecule has 0 saturated heterocycles. The third kappa shape index (κ3) is 2.77. The fourth-order valence-corrected chi connectivity index (χ4v) is 2.61. The average Bonchev–Trinajstić information content (AvgIpc) is 2.54. The predicted octanol–water partition coefficient (Wildman–Crippen LogP) is 5.08. The molecule has 1 aromatic heterocycles. The van der Waals surface area contributed by atoms with E-state index >= 15 is 0 Å². The first-order chi connectivity index (χ1) is 10.2. The number of fused-ring (bicyclic) bond motifs is 1. The number of rotatable bonds is 3. The molecule has 0 aliphatic heterocycles. The minimum atomic E-state index is 0.518. The first-order valence-electron chi connectivity index (χ1n) is 7.26. The van der Waals surface area contributed by atoms with Gasteiger partial charge in [-0.3, -0.25) is 0 Å². The molecule has 2 aromatic carbocycles. The van der Waals surface area contributed by atoms with Crippen molar-refractivity contribution in [3.05, 3.63) is 58.7 Å². The minimum absolute atomic E-state index is 0.518. The molecule has 0 radical (unpaired) electrons. The van der Waals surface area contributed by atoms with Crippen LogP contribution in [0, 0.1) is 0 Å². The lowest BCUT2D eigenvalue weighted by molar-refractivity contribution is 1.13. The molecular weight excluding hydrogens is 280 g/mol. The van der Waals surface area contributed by atoms with Gasteiger partial charge in [-0.15, -0.1) is 0 Å². The Kier molecular flexibility index (Phi) is 3.89. The maximum absolute atomic E-state index is 6.35. The molecule has 0 atom stereocenters.